The maximum atomic E-state index is 14.2. The predicted molar refractivity (Wildman–Crippen MR) is 69.6 cm³/mol. The molecule has 136 valence electrons. The molecule has 2 atom stereocenters. The van der Waals surface area contributed by atoms with E-state index in [0.29, 0.717) is 13.1 Å². The molecular weight excluding hydrogens is 358 g/mol. The minimum absolute atomic E-state index is 0.126. The van der Waals surface area contributed by atoms with Gasteiger partial charge < -0.3 is 10.2 Å². The largest absolute Gasteiger partial charge is 0.418 e. The summed E-state index contributed by atoms with van der Waals surface area (Å²) in [5.74, 6) is -4.56. The van der Waals surface area contributed by atoms with Gasteiger partial charge >= 0.3 is 16.4 Å². The zero-order valence-electron chi connectivity index (χ0n) is 12.0. The Kier molecular flexibility index (Phi) is 4.11. The van der Waals surface area contributed by atoms with Gasteiger partial charge in [-0.3, -0.25) is 14.2 Å². The zero-order chi connectivity index (χ0) is 17.7. The van der Waals surface area contributed by atoms with Crippen LogP contribution in [0.5, 0.6) is 0 Å². The van der Waals surface area contributed by atoms with Crippen LogP contribution in [-0.2, 0) is 24.3 Å². The third kappa shape index (κ3) is 3.14. The second-order valence-electron chi connectivity index (χ2n) is 5.62. The van der Waals surface area contributed by atoms with Crippen molar-refractivity contribution in [3.8, 4) is 0 Å². The molecule has 0 aliphatic carbocycles. The molecule has 24 heavy (non-hydrogen) atoms. The average Bonchev–Trinajstić information content (AvgIpc) is 2.67. The average molecular weight is 372 g/mol. The van der Waals surface area contributed by atoms with Crippen LogP contribution in [0, 0.1) is 0 Å². The number of amides is 3. The number of halogens is 2. The summed E-state index contributed by atoms with van der Waals surface area (Å²) in [6.07, 6.45) is -1.33. The third-order valence-electron chi connectivity index (χ3n) is 3.96. The van der Waals surface area contributed by atoms with Gasteiger partial charge in [-0.15, -0.1) is 4.28 Å². The van der Waals surface area contributed by atoms with Crippen molar-refractivity contribution in [3.05, 3.63) is 0 Å². The number of hydrogen-bond acceptors (Lipinski definition) is 7. The van der Waals surface area contributed by atoms with Gasteiger partial charge in [0.15, 0.2) is 0 Å². The summed E-state index contributed by atoms with van der Waals surface area (Å²) >= 11 is 0. The van der Waals surface area contributed by atoms with E-state index >= 15 is 0 Å². The number of rotatable bonds is 5. The van der Waals surface area contributed by atoms with Crippen molar-refractivity contribution >= 4 is 22.3 Å². The quantitative estimate of drug-likeness (QED) is 0.382. The molecule has 0 unspecified atom stereocenters. The van der Waals surface area contributed by atoms with Gasteiger partial charge in [0.2, 0.25) is 0 Å². The van der Waals surface area contributed by atoms with Crippen molar-refractivity contribution in [3.63, 3.8) is 0 Å². The first kappa shape index (κ1) is 17.2. The number of piperidine rings is 1. The van der Waals surface area contributed by atoms with Gasteiger partial charge in [0.25, 0.3) is 11.8 Å². The standard InChI is InChI=1S/C10H14F2N4O7S/c11-10(12)1-6(8(17)14-22-5-2-13-3-5)15-4-7(10)16(9(15)18)23-24(19,20)21/h5-7,13H,1-4H2,(H,14,17)(H,19,20,21)/t6-,7-/m0/s1. The van der Waals surface area contributed by atoms with Crippen molar-refractivity contribution in [2.75, 3.05) is 19.6 Å². The summed E-state index contributed by atoms with van der Waals surface area (Å²) in [5, 5.41) is 2.75. The minimum Gasteiger partial charge on any atom is -0.311 e. The molecule has 3 N–H and O–H groups in total. The lowest BCUT2D eigenvalue weighted by Crippen LogP contribution is -2.58. The molecule has 14 heteroatoms. The van der Waals surface area contributed by atoms with E-state index in [1.165, 1.54) is 0 Å². The van der Waals surface area contributed by atoms with Crippen LogP contribution < -0.4 is 10.8 Å². The highest BCUT2D eigenvalue weighted by atomic mass is 32.3. The summed E-state index contributed by atoms with van der Waals surface area (Å²) < 4.78 is 62.4. The molecule has 0 aromatic carbocycles. The molecule has 3 rings (SSSR count). The monoisotopic (exact) mass is 372 g/mol. The molecule has 3 amide bonds. The Bertz CT molecular complexity index is 656. The molecule has 11 nitrogen and oxygen atoms in total. The number of carbonyl (C=O) groups is 2. The number of fused-ring (bicyclic) bond motifs is 2. The highest BCUT2D eigenvalue weighted by Crippen LogP contribution is 2.41. The van der Waals surface area contributed by atoms with Crippen molar-refractivity contribution in [1.82, 2.24) is 20.8 Å². The molecular formula is C10H14F2N4O7S. The van der Waals surface area contributed by atoms with Gasteiger partial charge in [-0.05, 0) is 0 Å². The van der Waals surface area contributed by atoms with Crippen LogP contribution in [0.4, 0.5) is 13.6 Å². The van der Waals surface area contributed by atoms with E-state index in [9.17, 15) is 26.8 Å². The Morgan fingerprint density at radius 1 is 1.42 bits per heavy atom. The first-order valence-corrected chi connectivity index (χ1v) is 8.26. The summed E-state index contributed by atoms with van der Waals surface area (Å²) in [6.45, 7) is 0.341. The molecule has 0 aromatic heterocycles. The van der Waals surface area contributed by atoms with Crippen molar-refractivity contribution < 1.29 is 40.5 Å². The first-order chi connectivity index (χ1) is 11.1. The second kappa shape index (κ2) is 5.73. The summed E-state index contributed by atoms with van der Waals surface area (Å²) in [7, 11) is -5.17. The van der Waals surface area contributed by atoms with Crippen LogP contribution in [0.1, 0.15) is 6.42 Å². The van der Waals surface area contributed by atoms with E-state index in [0.717, 1.165) is 4.90 Å². The fourth-order valence-corrected chi connectivity index (χ4v) is 3.01. The lowest BCUT2D eigenvalue weighted by molar-refractivity contribution is -0.162. The summed E-state index contributed by atoms with van der Waals surface area (Å²) in [5.41, 5.74) is 2.03. The number of carbonyl (C=O) groups excluding carboxylic acids is 2. The Morgan fingerprint density at radius 3 is 2.62 bits per heavy atom. The molecule has 0 radical (unpaired) electrons. The SMILES string of the molecule is O=C(NOC1CNC1)[C@@H]1CC(F)(F)[C@@H]2CN1C(=O)N2OS(=O)(=O)O. The maximum Gasteiger partial charge on any atom is 0.418 e. The molecule has 3 fully saturated rings. The Balaban J connectivity index is 1.74. The fourth-order valence-electron chi connectivity index (χ4n) is 2.64. The Hall–Kier alpha value is -1.61. The molecule has 3 saturated heterocycles. The number of hydroxylamine groups is 3. The lowest BCUT2D eigenvalue weighted by atomic mass is 9.96. The van der Waals surface area contributed by atoms with Crippen LogP contribution >= 0.6 is 0 Å². The molecule has 0 aromatic rings. The Labute approximate surface area is 134 Å². The van der Waals surface area contributed by atoms with E-state index < -0.39 is 53.3 Å². The van der Waals surface area contributed by atoms with E-state index in [1.54, 1.807) is 0 Å². The van der Waals surface area contributed by atoms with Crippen LogP contribution in [0.3, 0.4) is 0 Å². The predicted octanol–water partition coefficient (Wildman–Crippen LogP) is -1.75. The molecule has 2 bridgehead atoms. The zero-order valence-corrected chi connectivity index (χ0v) is 12.8. The maximum absolute atomic E-state index is 14.2. The van der Waals surface area contributed by atoms with Crippen molar-refractivity contribution in [2.45, 2.75) is 30.5 Å². The number of nitrogens with zero attached hydrogens (tertiary/aromatic N) is 2. The molecule has 3 aliphatic rings. The molecule has 3 heterocycles. The minimum atomic E-state index is -5.17. The van der Waals surface area contributed by atoms with Gasteiger partial charge in [-0.25, -0.2) is 19.1 Å². The first-order valence-electron chi connectivity index (χ1n) is 6.89. The third-order valence-corrected chi connectivity index (χ3v) is 4.31. The van der Waals surface area contributed by atoms with Crippen LogP contribution in [0.15, 0.2) is 0 Å². The van der Waals surface area contributed by atoms with Gasteiger partial charge in [-0.2, -0.15) is 13.5 Å². The molecule has 0 saturated carbocycles. The number of hydrogen-bond donors (Lipinski definition) is 3. The van der Waals surface area contributed by atoms with E-state index in [-0.39, 0.29) is 11.2 Å². The summed E-state index contributed by atoms with van der Waals surface area (Å²) in [4.78, 5) is 29.8. The molecule has 3 aliphatic heterocycles. The summed E-state index contributed by atoms with van der Waals surface area (Å²) in [6, 6.07) is -4.76. The van der Waals surface area contributed by atoms with E-state index in [2.05, 4.69) is 9.60 Å². The van der Waals surface area contributed by atoms with Gasteiger partial charge in [0.1, 0.15) is 18.2 Å². The normalized spacial score (nSPS) is 29.5. The van der Waals surface area contributed by atoms with E-state index in [4.69, 9.17) is 9.39 Å². The number of urea groups is 1. The number of nitrogens with one attached hydrogen (secondary N) is 2. The van der Waals surface area contributed by atoms with Gasteiger partial charge in [0, 0.05) is 19.5 Å². The van der Waals surface area contributed by atoms with Gasteiger partial charge in [0.05, 0.1) is 6.54 Å². The smallest absolute Gasteiger partial charge is 0.311 e. The van der Waals surface area contributed by atoms with Gasteiger partial charge in [-0.1, -0.05) is 0 Å². The van der Waals surface area contributed by atoms with Crippen molar-refractivity contribution in [2.24, 2.45) is 0 Å². The molecule has 0 spiro atoms. The second-order valence-corrected chi connectivity index (χ2v) is 6.63. The highest BCUT2D eigenvalue weighted by molar-refractivity contribution is 7.80. The topological polar surface area (TPSA) is 138 Å². The lowest BCUT2D eigenvalue weighted by Gasteiger charge is -2.35. The van der Waals surface area contributed by atoms with Crippen molar-refractivity contribution in [1.29, 1.82) is 0 Å². The van der Waals surface area contributed by atoms with Crippen LogP contribution in [0.2, 0.25) is 0 Å². The van der Waals surface area contributed by atoms with E-state index in [1.807, 2.05) is 5.48 Å². The number of alkyl halides is 2. The van der Waals surface area contributed by atoms with Crippen LogP contribution in [0.25, 0.3) is 0 Å². The Morgan fingerprint density at radius 2 is 2.08 bits per heavy atom. The van der Waals surface area contributed by atoms with Crippen LogP contribution in [-0.4, -0.2) is 78.6 Å². The fraction of sp³-hybridized carbons (Fsp3) is 0.800. The highest BCUT2D eigenvalue weighted by Gasteiger charge is 2.62.